The Morgan fingerprint density at radius 1 is 1.20 bits per heavy atom. The molecule has 30 heavy (non-hydrogen) atoms. The highest BCUT2D eigenvalue weighted by atomic mass is 32.2. The van der Waals surface area contributed by atoms with Gasteiger partial charge in [-0.1, -0.05) is 50.8 Å². The zero-order valence-corrected chi connectivity index (χ0v) is 18.8. The minimum Gasteiger partial charge on any atom is -0.456 e. The van der Waals surface area contributed by atoms with Gasteiger partial charge in [0.25, 0.3) is 0 Å². The van der Waals surface area contributed by atoms with E-state index in [1.165, 1.54) is 11.1 Å². The summed E-state index contributed by atoms with van der Waals surface area (Å²) in [5.41, 5.74) is 5.13. The first kappa shape index (κ1) is 22.2. The van der Waals surface area contributed by atoms with Gasteiger partial charge < -0.3 is 13.5 Å². The molecule has 0 aliphatic heterocycles. The normalized spacial score (nSPS) is 13.0. The van der Waals surface area contributed by atoms with E-state index in [2.05, 4.69) is 56.9 Å². The van der Waals surface area contributed by atoms with Crippen LogP contribution in [0.3, 0.4) is 0 Å². The monoisotopic (exact) mass is 422 g/mol. The highest BCUT2D eigenvalue weighted by Crippen LogP contribution is 2.31. The molecule has 5 heteroatoms. The summed E-state index contributed by atoms with van der Waals surface area (Å²) in [4.78, 5) is 11.2. The molecule has 158 valence electrons. The van der Waals surface area contributed by atoms with Gasteiger partial charge in [-0.3, -0.25) is 5.32 Å². The van der Waals surface area contributed by atoms with Crippen LogP contribution in [-0.4, -0.2) is 23.0 Å². The molecule has 0 radical (unpaired) electrons. The standard InChI is InChI=1S/C25H30N2O2S/c1-5-9-20(6-2)19(4)27(14-15-28)30-17-26-18(3)21-12-13-25-23(16-21)22-10-7-8-11-24(22)29-25/h7-13,15-16,18,26H,4-6,14,17H2,1-3H3/b20-9+. The number of aldehydes is 1. The van der Waals surface area contributed by atoms with Gasteiger partial charge in [-0.25, -0.2) is 0 Å². The van der Waals surface area contributed by atoms with Gasteiger partial charge in [0.15, 0.2) is 0 Å². The van der Waals surface area contributed by atoms with Gasteiger partial charge in [0, 0.05) is 22.5 Å². The molecule has 1 heterocycles. The molecule has 0 saturated carbocycles. The smallest absolute Gasteiger partial charge is 0.140 e. The summed E-state index contributed by atoms with van der Waals surface area (Å²) in [6.07, 6.45) is 4.98. The maximum atomic E-state index is 11.2. The highest BCUT2D eigenvalue weighted by Gasteiger charge is 2.14. The molecule has 1 aromatic heterocycles. The zero-order chi connectivity index (χ0) is 21.5. The average molecular weight is 423 g/mol. The number of para-hydroxylation sites is 1. The largest absolute Gasteiger partial charge is 0.456 e. The second-order valence-corrected chi connectivity index (χ2v) is 8.21. The van der Waals surface area contributed by atoms with E-state index in [-0.39, 0.29) is 6.04 Å². The van der Waals surface area contributed by atoms with Crippen molar-refractivity contribution < 1.29 is 9.21 Å². The van der Waals surface area contributed by atoms with Crippen molar-refractivity contribution >= 4 is 40.2 Å². The van der Waals surface area contributed by atoms with Crippen LogP contribution in [0.25, 0.3) is 21.9 Å². The predicted molar refractivity (Wildman–Crippen MR) is 128 cm³/mol. The van der Waals surface area contributed by atoms with Gasteiger partial charge in [0.2, 0.25) is 0 Å². The van der Waals surface area contributed by atoms with Crippen molar-refractivity contribution in [3.05, 3.63) is 72.0 Å². The van der Waals surface area contributed by atoms with Crippen LogP contribution in [0.5, 0.6) is 0 Å². The van der Waals surface area contributed by atoms with Gasteiger partial charge in [-0.2, -0.15) is 0 Å². The maximum Gasteiger partial charge on any atom is 0.140 e. The average Bonchev–Trinajstić information content (AvgIpc) is 3.14. The second kappa shape index (κ2) is 10.5. The summed E-state index contributed by atoms with van der Waals surface area (Å²) in [6.45, 7) is 10.9. The zero-order valence-electron chi connectivity index (χ0n) is 18.0. The quantitative estimate of drug-likeness (QED) is 0.163. The lowest BCUT2D eigenvalue weighted by Gasteiger charge is -2.26. The summed E-state index contributed by atoms with van der Waals surface area (Å²) < 4.78 is 7.90. The van der Waals surface area contributed by atoms with Crippen molar-refractivity contribution in [1.82, 2.24) is 9.62 Å². The Morgan fingerprint density at radius 3 is 2.70 bits per heavy atom. The van der Waals surface area contributed by atoms with Crippen molar-refractivity contribution in [1.29, 1.82) is 0 Å². The van der Waals surface area contributed by atoms with E-state index >= 15 is 0 Å². The van der Waals surface area contributed by atoms with Crippen LogP contribution in [0.1, 0.15) is 45.2 Å². The van der Waals surface area contributed by atoms with Gasteiger partial charge in [-0.15, -0.1) is 0 Å². The van der Waals surface area contributed by atoms with Crippen LogP contribution in [0.15, 0.2) is 70.8 Å². The number of hydrogen-bond donors (Lipinski definition) is 1. The van der Waals surface area contributed by atoms with Crippen LogP contribution in [0.4, 0.5) is 0 Å². The summed E-state index contributed by atoms with van der Waals surface area (Å²) in [6, 6.07) is 14.6. The van der Waals surface area contributed by atoms with Crippen molar-refractivity contribution in [2.24, 2.45) is 0 Å². The molecule has 1 N–H and O–H groups in total. The fourth-order valence-corrected chi connectivity index (χ4v) is 4.47. The molecule has 1 atom stereocenters. The van der Waals surface area contributed by atoms with Gasteiger partial charge in [0.1, 0.15) is 17.5 Å². The Labute approximate surface area is 183 Å². The molecule has 0 aliphatic rings. The third-order valence-electron chi connectivity index (χ3n) is 5.25. The van der Waals surface area contributed by atoms with Crippen molar-refractivity contribution in [3.8, 4) is 0 Å². The van der Waals surface area contributed by atoms with E-state index in [4.69, 9.17) is 4.42 Å². The Balaban J connectivity index is 1.67. The Morgan fingerprint density at radius 2 is 1.97 bits per heavy atom. The van der Waals surface area contributed by atoms with Crippen molar-refractivity contribution in [2.45, 2.75) is 39.7 Å². The van der Waals surface area contributed by atoms with Crippen molar-refractivity contribution in [2.75, 3.05) is 12.4 Å². The fraction of sp³-hybridized carbons (Fsp3) is 0.320. The number of carbonyl (C=O) groups excluding carboxylic acids is 1. The first-order valence-corrected chi connectivity index (χ1v) is 11.4. The Hall–Kier alpha value is -2.50. The maximum absolute atomic E-state index is 11.2. The molecule has 0 saturated heterocycles. The summed E-state index contributed by atoms with van der Waals surface area (Å²) in [7, 11) is 0. The summed E-state index contributed by atoms with van der Waals surface area (Å²) in [5, 5.41) is 5.83. The first-order chi connectivity index (χ1) is 14.6. The molecule has 3 rings (SSSR count). The summed E-state index contributed by atoms with van der Waals surface area (Å²) in [5.74, 6) is 0.682. The van der Waals surface area contributed by atoms with Crippen LogP contribution in [0.2, 0.25) is 0 Å². The second-order valence-electron chi connectivity index (χ2n) is 7.22. The van der Waals surface area contributed by atoms with E-state index in [1.54, 1.807) is 11.9 Å². The van der Waals surface area contributed by atoms with Crippen LogP contribution < -0.4 is 5.32 Å². The molecule has 4 nitrogen and oxygen atoms in total. The molecule has 0 amide bonds. The van der Waals surface area contributed by atoms with E-state index < -0.39 is 0 Å². The van der Waals surface area contributed by atoms with E-state index in [0.717, 1.165) is 46.8 Å². The van der Waals surface area contributed by atoms with Gasteiger partial charge >= 0.3 is 0 Å². The predicted octanol–water partition coefficient (Wildman–Crippen LogP) is 6.60. The number of rotatable bonds is 11. The molecule has 0 spiro atoms. The topological polar surface area (TPSA) is 45.5 Å². The van der Waals surface area contributed by atoms with Crippen LogP contribution in [0, 0.1) is 0 Å². The molecule has 0 fully saturated rings. The number of hydrogen-bond acceptors (Lipinski definition) is 5. The minimum absolute atomic E-state index is 0.165. The lowest BCUT2D eigenvalue weighted by molar-refractivity contribution is -0.107. The number of nitrogens with zero attached hydrogens (tertiary/aromatic N) is 1. The van der Waals surface area contributed by atoms with Crippen molar-refractivity contribution in [3.63, 3.8) is 0 Å². The molecule has 0 bridgehead atoms. The van der Waals surface area contributed by atoms with Gasteiger partial charge in [-0.05, 0) is 61.0 Å². The Bertz CT molecular complexity index is 1050. The number of nitrogens with one attached hydrogen (secondary N) is 1. The third-order valence-corrected chi connectivity index (χ3v) is 6.23. The third kappa shape index (κ3) is 4.97. The van der Waals surface area contributed by atoms with Gasteiger partial charge in [0.05, 0.1) is 12.4 Å². The molecule has 1 unspecified atom stereocenters. The first-order valence-electron chi connectivity index (χ1n) is 10.5. The molecular weight excluding hydrogens is 392 g/mol. The molecular formula is C25H30N2O2S. The number of allylic oxidation sites excluding steroid dienone is 2. The SMILES string of the molecule is C=C(/C(=C/CC)CC)N(CC=O)SCNC(C)c1ccc2oc3ccccc3c2c1. The number of carbonyl (C=O) groups is 1. The van der Waals surface area contributed by atoms with E-state index in [9.17, 15) is 4.79 Å². The number of furan rings is 1. The number of benzene rings is 2. The Kier molecular flexibility index (Phi) is 7.77. The minimum atomic E-state index is 0.165. The number of fused-ring (bicyclic) bond motifs is 3. The van der Waals surface area contributed by atoms with Crippen LogP contribution in [-0.2, 0) is 4.79 Å². The van der Waals surface area contributed by atoms with E-state index in [1.807, 2.05) is 28.6 Å². The lowest BCUT2D eigenvalue weighted by atomic mass is 10.0. The summed E-state index contributed by atoms with van der Waals surface area (Å²) >= 11 is 1.59. The highest BCUT2D eigenvalue weighted by molar-refractivity contribution is 7.97. The molecule has 0 aliphatic carbocycles. The molecule has 3 aromatic rings. The fourth-order valence-electron chi connectivity index (χ4n) is 3.55. The van der Waals surface area contributed by atoms with Crippen LogP contribution >= 0.6 is 11.9 Å². The van der Waals surface area contributed by atoms with E-state index in [0.29, 0.717) is 12.4 Å². The molecule has 2 aromatic carbocycles. The lowest BCUT2D eigenvalue weighted by Crippen LogP contribution is -2.24.